The van der Waals surface area contributed by atoms with E-state index >= 15 is 0 Å². The van der Waals surface area contributed by atoms with Crippen molar-refractivity contribution in [3.05, 3.63) is 80.4 Å². The van der Waals surface area contributed by atoms with Crippen molar-refractivity contribution in [1.82, 2.24) is 0 Å². The molecule has 1 atom stereocenters. The van der Waals surface area contributed by atoms with E-state index in [9.17, 15) is 37.5 Å². The monoisotopic (exact) mass is 721 g/mol. The zero-order chi connectivity index (χ0) is 37.6. The first kappa shape index (κ1) is 43.6. The van der Waals surface area contributed by atoms with Gasteiger partial charge < -0.3 is 28.8 Å². The van der Waals surface area contributed by atoms with Crippen molar-refractivity contribution in [3.63, 3.8) is 0 Å². The van der Waals surface area contributed by atoms with E-state index in [4.69, 9.17) is 28.8 Å². The topological polar surface area (TPSA) is 212 Å². The van der Waals surface area contributed by atoms with Crippen LogP contribution in [0.25, 0.3) is 0 Å². The van der Waals surface area contributed by atoms with Crippen molar-refractivity contribution in [3.8, 4) is 0 Å². The Labute approximate surface area is 293 Å². The predicted molar refractivity (Wildman–Crippen MR) is 182 cm³/mol. The number of nitrogens with two attached hydrogens (primary N) is 1. The van der Waals surface area contributed by atoms with E-state index in [1.807, 2.05) is 0 Å². The van der Waals surface area contributed by atoms with Crippen LogP contribution in [0, 0.1) is 10.8 Å². The number of aliphatic hydroxyl groups is 1. The fraction of sp³-hybridized carbons (Fsp3) is 0.457. The second-order valence-electron chi connectivity index (χ2n) is 11.7. The lowest BCUT2D eigenvalue weighted by atomic mass is 9.84. The van der Waals surface area contributed by atoms with Gasteiger partial charge in [-0.1, -0.05) is 44.9 Å². The summed E-state index contributed by atoms with van der Waals surface area (Å²) >= 11 is 0. The van der Waals surface area contributed by atoms with Crippen LogP contribution >= 0.6 is 0 Å². The van der Waals surface area contributed by atoms with Crippen LogP contribution in [0.2, 0.25) is 0 Å². The first-order chi connectivity index (χ1) is 23.7. The summed E-state index contributed by atoms with van der Waals surface area (Å²) < 4.78 is 50.0. The third-order valence-corrected chi connectivity index (χ3v) is 8.41. The maximum Gasteiger partial charge on any atom is 0.330 e. The van der Waals surface area contributed by atoms with Crippen molar-refractivity contribution in [2.24, 2.45) is 16.0 Å². The maximum atomic E-state index is 12.8. The number of rotatable bonds is 27. The van der Waals surface area contributed by atoms with Crippen LogP contribution < -0.4 is 5.14 Å². The Bertz CT molecular complexity index is 1400. The van der Waals surface area contributed by atoms with Gasteiger partial charge >= 0.3 is 23.9 Å². The van der Waals surface area contributed by atoms with Gasteiger partial charge in [-0.15, -0.1) is 0 Å². The molecule has 0 fully saturated rings. The fourth-order valence-corrected chi connectivity index (χ4v) is 4.87. The summed E-state index contributed by atoms with van der Waals surface area (Å²) in [5, 5.41) is 15.4. The quantitative estimate of drug-likeness (QED) is 0.0580. The molecule has 1 rings (SSSR count). The number of ketones is 1. The highest BCUT2D eigenvalue weighted by Crippen LogP contribution is 2.28. The largest absolute Gasteiger partial charge is 0.465 e. The molecule has 0 heterocycles. The zero-order valence-electron chi connectivity index (χ0n) is 28.2. The van der Waals surface area contributed by atoms with Crippen LogP contribution in [0.3, 0.4) is 0 Å². The van der Waals surface area contributed by atoms with Crippen molar-refractivity contribution in [2.75, 3.05) is 46.2 Å². The number of benzene rings is 1. The summed E-state index contributed by atoms with van der Waals surface area (Å²) in [7, 11) is -3.78. The average molecular weight is 722 g/mol. The Hall–Kier alpha value is -4.44. The number of hydrogen-bond acceptors (Lipinski definition) is 13. The highest BCUT2D eigenvalue weighted by molar-refractivity contribution is 7.89. The Morgan fingerprint density at radius 3 is 1.66 bits per heavy atom. The third kappa shape index (κ3) is 16.8. The number of aliphatic hydroxyl groups excluding tert-OH is 1. The molecule has 15 heteroatoms. The lowest BCUT2D eigenvalue weighted by molar-refractivity contribution is -0.166. The fourth-order valence-electron chi connectivity index (χ4n) is 4.36. The summed E-state index contributed by atoms with van der Waals surface area (Å²) in [5.74, 6) is -3.27. The highest BCUT2D eigenvalue weighted by Gasteiger charge is 2.39. The van der Waals surface area contributed by atoms with E-state index < -0.39 is 71.2 Å². The molecule has 0 saturated carbocycles. The Morgan fingerprint density at radius 1 is 0.680 bits per heavy atom. The van der Waals surface area contributed by atoms with Gasteiger partial charge in [-0.2, -0.15) is 0 Å². The first-order valence-corrected chi connectivity index (χ1v) is 17.2. The van der Waals surface area contributed by atoms with Crippen LogP contribution in [0.15, 0.2) is 79.8 Å². The molecule has 0 aliphatic heterocycles. The minimum Gasteiger partial charge on any atom is -0.465 e. The predicted octanol–water partition coefficient (Wildman–Crippen LogP) is 2.68. The Balaban J connectivity index is 3.02. The van der Waals surface area contributed by atoms with Gasteiger partial charge in [0.05, 0.1) is 35.5 Å². The van der Waals surface area contributed by atoms with Crippen LogP contribution in [0.4, 0.5) is 0 Å². The SMILES string of the molecule is C=CC(=O)CCC(CO)(COCC(COC(=O)C=C)(COC(=O)C=C)COC(=O)CCCCCc1ccc(S(N)(=O)=O)cc1)COC(=O)C=C. The molecule has 0 amide bonds. The number of allylic oxidation sites excluding steroid dienone is 1. The number of carbonyl (C=O) groups is 5. The molecule has 1 aromatic rings. The maximum absolute atomic E-state index is 12.8. The number of hydrogen-bond donors (Lipinski definition) is 2. The van der Waals surface area contributed by atoms with Gasteiger partial charge in [-0.3, -0.25) is 9.59 Å². The minimum absolute atomic E-state index is 0.0192. The van der Waals surface area contributed by atoms with E-state index in [0.29, 0.717) is 25.7 Å². The van der Waals surface area contributed by atoms with E-state index in [2.05, 4.69) is 26.3 Å². The lowest BCUT2D eigenvalue weighted by Gasteiger charge is -2.35. The molecular weight excluding hydrogens is 674 g/mol. The van der Waals surface area contributed by atoms with Crippen molar-refractivity contribution < 1.29 is 61.2 Å². The number of unbranched alkanes of at least 4 members (excludes halogenated alkanes) is 2. The number of ether oxygens (including phenoxy) is 5. The number of esters is 4. The van der Waals surface area contributed by atoms with Crippen LogP contribution in [-0.4, -0.2) is 89.4 Å². The molecule has 0 spiro atoms. The van der Waals surface area contributed by atoms with E-state index in [0.717, 1.165) is 29.9 Å². The molecule has 0 aromatic heterocycles. The Kier molecular flexibility index (Phi) is 19.4. The molecule has 0 aliphatic carbocycles. The van der Waals surface area contributed by atoms with E-state index in [1.165, 1.54) is 12.1 Å². The minimum atomic E-state index is -3.78. The summed E-state index contributed by atoms with van der Waals surface area (Å²) in [4.78, 5) is 60.6. The molecule has 1 aromatic carbocycles. The van der Waals surface area contributed by atoms with Gasteiger partial charge in [-0.25, -0.2) is 27.9 Å². The molecular formula is C35H47NO13S. The van der Waals surface area contributed by atoms with Gasteiger partial charge in [0.15, 0.2) is 5.78 Å². The Morgan fingerprint density at radius 2 is 1.18 bits per heavy atom. The molecule has 0 radical (unpaired) electrons. The second-order valence-corrected chi connectivity index (χ2v) is 13.2. The van der Waals surface area contributed by atoms with Gasteiger partial charge in [0.25, 0.3) is 0 Å². The molecule has 0 bridgehead atoms. The van der Waals surface area contributed by atoms with Crippen molar-refractivity contribution >= 4 is 39.7 Å². The molecule has 1 unspecified atom stereocenters. The molecule has 14 nitrogen and oxygen atoms in total. The van der Waals surface area contributed by atoms with Crippen LogP contribution in [-0.2, 0) is 64.1 Å². The number of carbonyl (C=O) groups excluding carboxylic acids is 5. The molecule has 50 heavy (non-hydrogen) atoms. The third-order valence-electron chi connectivity index (χ3n) is 7.48. The number of aryl methyl sites for hydroxylation is 1. The number of sulfonamides is 1. The average Bonchev–Trinajstić information content (AvgIpc) is 3.11. The van der Waals surface area contributed by atoms with Gasteiger partial charge in [-0.05, 0) is 49.5 Å². The van der Waals surface area contributed by atoms with Gasteiger partial charge in [0, 0.05) is 31.1 Å². The lowest BCUT2D eigenvalue weighted by Crippen LogP contribution is -2.45. The molecule has 3 N–H and O–H groups in total. The molecule has 276 valence electrons. The van der Waals surface area contributed by atoms with E-state index in [-0.39, 0.29) is 49.8 Å². The first-order valence-electron chi connectivity index (χ1n) is 15.7. The second kappa shape index (κ2) is 22.3. The molecule has 0 aliphatic rings. The smallest absolute Gasteiger partial charge is 0.330 e. The molecule has 0 saturated heterocycles. The van der Waals surface area contributed by atoms with Crippen molar-refractivity contribution in [1.29, 1.82) is 0 Å². The normalized spacial score (nSPS) is 12.4. The van der Waals surface area contributed by atoms with Crippen LogP contribution in [0.1, 0.15) is 44.1 Å². The zero-order valence-corrected chi connectivity index (χ0v) is 29.0. The van der Waals surface area contributed by atoms with Gasteiger partial charge in [0.1, 0.15) is 26.4 Å². The van der Waals surface area contributed by atoms with Crippen molar-refractivity contribution in [2.45, 2.75) is 49.8 Å². The summed E-state index contributed by atoms with van der Waals surface area (Å²) in [6.45, 7) is 10.7. The van der Waals surface area contributed by atoms with Crippen LogP contribution in [0.5, 0.6) is 0 Å². The highest BCUT2D eigenvalue weighted by atomic mass is 32.2. The summed E-state index contributed by atoms with van der Waals surface area (Å²) in [5.41, 5.74) is -1.78. The summed E-state index contributed by atoms with van der Waals surface area (Å²) in [6, 6.07) is 6.21. The van der Waals surface area contributed by atoms with Gasteiger partial charge in [0.2, 0.25) is 10.0 Å². The van der Waals surface area contributed by atoms with E-state index in [1.54, 1.807) is 12.1 Å². The standard InChI is InChI=1S/C35H47NO13S/c1-5-28(38)18-19-34(20-37,23-46-30(39)6-2)21-45-22-35(24-47-31(40)7-3,25-48-32(41)8-4)26-49-33(42)13-11-9-10-12-27-14-16-29(17-15-27)50(36,43)44/h5-8,14-17,37H,1-4,9-13,18-26H2,(H2,36,43,44). The number of primary sulfonamides is 1. The summed E-state index contributed by atoms with van der Waals surface area (Å²) in [6.07, 6.45) is 6.43.